The number of nitrogen functional groups attached to an aromatic ring is 1. The zero-order valence-electron chi connectivity index (χ0n) is 11.9. The van der Waals surface area contributed by atoms with Crippen LogP contribution in [-0.2, 0) is 0 Å². The third-order valence-corrected chi connectivity index (χ3v) is 3.00. The van der Waals surface area contributed by atoms with E-state index in [1.165, 1.54) is 0 Å². The maximum absolute atomic E-state index is 12.4. The number of unbranched alkanes of at least 4 members (excludes halogenated alkanes) is 2. The minimum absolute atomic E-state index is 0.0148. The second kappa shape index (κ2) is 8.48. The molecule has 0 fully saturated rings. The van der Waals surface area contributed by atoms with Crippen molar-refractivity contribution in [1.29, 1.82) is 0 Å². The van der Waals surface area contributed by atoms with Gasteiger partial charge in [-0.15, -0.1) is 0 Å². The van der Waals surface area contributed by atoms with Gasteiger partial charge in [0, 0.05) is 19.3 Å². The zero-order chi connectivity index (χ0) is 14.1. The number of nitrogens with zero attached hydrogens (tertiary/aromatic N) is 2. The van der Waals surface area contributed by atoms with Gasteiger partial charge in [-0.2, -0.15) is 0 Å². The van der Waals surface area contributed by atoms with Gasteiger partial charge < -0.3 is 10.3 Å². The van der Waals surface area contributed by atoms with Gasteiger partial charge in [0.2, 0.25) is 0 Å². The third kappa shape index (κ3) is 4.87. The Morgan fingerprint density at radius 3 is 2.47 bits per heavy atom. The summed E-state index contributed by atoms with van der Waals surface area (Å²) in [5.74, 6) is 5.34. The summed E-state index contributed by atoms with van der Waals surface area (Å²) in [5.41, 5.74) is 3.68. The quantitative estimate of drug-likeness (QED) is 0.558. The van der Waals surface area contributed by atoms with Crippen molar-refractivity contribution in [2.45, 2.75) is 39.5 Å². The fraction of sp³-hybridized carbons (Fsp3) is 0.571. The van der Waals surface area contributed by atoms with Gasteiger partial charge in [0.25, 0.3) is 5.91 Å². The van der Waals surface area contributed by atoms with Crippen LogP contribution in [0.2, 0.25) is 0 Å². The van der Waals surface area contributed by atoms with E-state index in [1.54, 1.807) is 18.3 Å². The van der Waals surface area contributed by atoms with Gasteiger partial charge in [0.1, 0.15) is 5.69 Å². The highest BCUT2D eigenvalue weighted by molar-refractivity contribution is 5.93. The van der Waals surface area contributed by atoms with Gasteiger partial charge in [-0.1, -0.05) is 26.7 Å². The number of hydrogen-bond donors (Lipinski definition) is 2. The number of nitrogens with two attached hydrogens (primary N) is 1. The van der Waals surface area contributed by atoms with Crippen LogP contribution in [0.25, 0.3) is 0 Å². The number of rotatable bonds is 8. The number of aromatic nitrogens is 1. The minimum Gasteiger partial charge on any atom is -0.337 e. The normalized spacial score (nSPS) is 10.3. The molecule has 19 heavy (non-hydrogen) atoms. The Balaban J connectivity index is 2.77. The highest BCUT2D eigenvalue weighted by atomic mass is 16.2. The Hall–Kier alpha value is -1.62. The number of anilines is 1. The van der Waals surface area contributed by atoms with Crippen molar-refractivity contribution < 1.29 is 4.79 Å². The first-order valence-corrected chi connectivity index (χ1v) is 6.94. The minimum atomic E-state index is -0.0148. The number of pyridine rings is 1. The van der Waals surface area contributed by atoms with E-state index in [1.807, 2.05) is 4.90 Å². The number of carbonyl (C=O) groups excluding carboxylic acids is 1. The molecular weight excluding hydrogens is 240 g/mol. The molecule has 1 heterocycles. The lowest BCUT2D eigenvalue weighted by Crippen LogP contribution is -2.33. The topological polar surface area (TPSA) is 71.2 Å². The van der Waals surface area contributed by atoms with Gasteiger partial charge in [-0.05, 0) is 25.0 Å². The van der Waals surface area contributed by atoms with Crippen LogP contribution >= 0.6 is 0 Å². The van der Waals surface area contributed by atoms with Crippen LogP contribution in [0.3, 0.4) is 0 Å². The van der Waals surface area contributed by atoms with Crippen LogP contribution in [0.5, 0.6) is 0 Å². The summed E-state index contributed by atoms with van der Waals surface area (Å²) in [6.45, 7) is 5.83. The van der Waals surface area contributed by atoms with Crippen LogP contribution in [0.4, 0.5) is 5.69 Å². The largest absolute Gasteiger partial charge is 0.337 e. The number of amides is 1. The van der Waals surface area contributed by atoms with E-state index in [2.05, 4.69) is 24.3 Å². The Kier molecular flexibility index (Phi) is 6.89. The van der Waals surface area contributed by atoms with Crippen LogP contribution in [0.15, 0.2) is 18.3 Å². The van der Waals surface area contributed by atoms with E-state index in [4.69, 9.17) is 5.84 Å². The molecule has 0 saturated carbocycles. The van der Waals surface area contributed by atoms with Gasteiger partial charge in [0.15, 0.2) is 0 Å². The molecule has 5 heteroatoms. The standard InChI is InChI=1S/C14H24N4O/c1-3-5-9-18(10-6-4-2)14(19)13-11-12(17-15)7-8-16-13/h7-8,11H,3-6,9-10,15H2,1-2H3,(H,16,17). The average Bonchev–Trinajstić information content (AvgIpc) is 2.47. The molecule has 5 nitrogen and oxygen atoms in total. The van der Waals surface area contributed by atoms with E-state index in [0.29, 0.717) is 11.4 Å². The summed E-state index contributed by atoms with van der Waals surface area (Å²) in [6, 6.07) is 3.42. The van der Waals surface area contributed by atoms with Crippen molar-refractivity contribution in [2.75, 3.05) is 18.5 Å². The Morgan fingerprint density at radius 2 is 1.95 bits per heavy atom. The summed E-state index contributed by atoms with van der Waals surface area (Å²) in [4.78, 5) is 18.4. The van der Waals surface area contributed by atoms with E-state index in [-0.39, 0.29) is 5.91 Å². The fourth-order valence-electron chi connectivity index (χ4n) is 1.81. The molecule has 0 spiro atoms. The summed E-state index contributed by atoms with van der Waals surface area (Å²) < 4.78 is 0. The van der Waals surface area contributed by atoms with Crippen LogP contribution < -0.4 is 11.3 Å². The lowest BCUT2D eigenvalue weighted by Gasteiger charge is -2.22. The molecule has 0 unspecified atom stereocenters. The number of hydrogen-bond acceptors (Lipinski definition) is 4. The molecule has 0 bridgehead atoms. The highest BCUT2D eigenvalue weighted by Gasteiger charge is 2.16. The molecule has 1 amide bonds. The van der Waals surface area contributed by atoms with Gasteiger partial charge >= 0.3 is 0 Å². The number of carbonyl (C=O) groups is 1. The monoisotopic (exact) mass is 264 g/mol. The predicted molar refractivity (Wildman–Crippen MR) is 77.8 cm³/mol. The first-order valence-electron chi connectivity index (χ1n) is 6.94. The summed E-state index contributed by atoms with van der Waals surface area (Å²) in [6.07, 6.45) is 5.79. The van der Waals surface area contributed by atoms with Crippen molar-refractivity contribution in [1.82, 2.24) is 9.88 Å². The molecule has 1 aromatic rings. The van der Waals surface area contributed by atoms with Crippen molar-refractivity contribution in [3.05, 3.63) is 24.0 Å². The van der Waals surface area contributed by atoms with E-state index >= 15 is 0 Å². The molecule has 1 aromatic heterocycles. The lowest BCUT2D eigenvalue weighted by molar-refractivity contribution is 0.0745. The average molecular weight is 264 g/mol. The van der Waals surface area contributed by atoms with Gasteiger partial charge in [-0.3, -0.25) is 15.6 Å². The molecule has 0 atom stereocenters. The molecular formula is C14H24N4O. The molecule has 0 aromatic carbocycles. The van der Waals surface area contributed by atoms with E-state index in [0.717, 1.165) is 38.8 Å². The van der Waals surface area contributed by atoms with Crippen molar-refractivity contribution >= 4 is 11.6 Å². The van der Waals surface area contributed by atoms with Crippen LogP contribution in [-0.4, -0.2) is 28.9 Å². The SMILES string of the molecule is CCCCN(CCCC)C(=O)c1cc(NN)ccn1. The van der Waals surface area contributed by atoms with Crippen molar-refractivity contribution in [2.24, 2.45) is 5.84 Å². The first kappa shape index (κ1) is 15.4. The summed E-state index contributed by atoms with van der Waals surface area (Å²) >= 11 is 0. The Labute approximate surface area is 115 Å². The predicted octanol–water partition coefficient (Wildman–Crippen LogP) is 2.41. The summed E-state index contributed by atoms with van der Waals surface area (Å²) in [7, 11) is 0. The second-order valence-electron chi connectivity index (χ2n) is 4.57. The third-order valence-electron chi connectivity index (χ3n) is 3.00. The second-order valence-corrected chi connectivity index (χ2v) is 4.57. The van der Waals surface area contributed by atoms with Crippen molar-refractivity contribution in [3.8, 4) is 0 Å². The fourth-order valence-corrected chi connectivity index (χ4v) is 1.81. The van der Waals surface area contributed by atoms with E-state index in [9.17, 15) is 4.79 Å². The zero-order valence-corrected chi connectivity index (χ0v) is 11.9. The molecule has 0 aliphatic heterocycles. The molecule has 3 N–H and O–H groups in total. The molecule has 106 valence electrons. The van der Waals surface area contributed by atoms with Crippen molar-refractivity contribution in [3.63, 3.8) is 0 Å². The highest BCUT2D eigenvalue weighted by Crippen LogP contribution is 2.10. The lowest BCUT2D eigenvalue weighted by atomic mass is 10.2. The molecule has 0 radical (unpaired) electrons. The smallest absolute Gasteiger partial charge is 0.272 e. The molecule has 0 saturated heterocycles. The first-order chi connectivity index (χ1) is 9.22. The maximum atomic E-state index is 12.4. The Bertz CT molecular complexity index is 387. The van der Waals surface area contributed by atoms with Gasteiger partial charge in [0.05, 0.1) is 5.69 Å². The van der Waals surface area contributed by atoms with Crippen LogP contribution in [0.1, 0.15) is 50.0 Å². The van der Waals surface area contributed by atoms with Gasteiger partial charge in [-0.25, -0.2) is 0 Å². The molecule has 0 aliphatic carbocycles. The molecule has 1 rings (SSSR count). The van der Waals surface area contributed by atoms with E-state index < -0.39 is 0 Å². The number of hydrazine groups is 1. The maximum Gasteiger partial charge on any atom is 0.272 e. The number of nitrogens with one attached hydrogen (secondary N) is 1. The molecule has 0 aliphatic rings. The Morgan fingerprint density at radius 1 is 1.32 bits per heavy atom. The van der Waals surface area contributed by atoms with Crippen LogP contribution in [0, 0.1) is 0 Å². The summed E-state index contributed by atoms with van der Waals surface area (Å²) in [5, 5.41) is 0.